The molecule has 3 rings (SSSR count). The molecule has 0 saturated carbocycles. The second kappa shape index (κ2) is 5.50. The van der Waals surface area contributed by atoms with Crippen LogP contribution >= 0.6 is 50.1 Å². The van der Waals surface area contributed by atoms with E-state index in [-0.39, 0.29) is 5.15 Å². The van der Waals surface area contributed by atoms with Gasteiger partial charge in [-0.05, 0) is 45.4 Å². The molecule has 1 aliphatic heterocycles. The standard InChI is InChI=1S/C12H12BrClIN3O4/c1-11(21)8(20)6(3-19)22-12(11,13)18-2-5(15)7-9(14)16-4-17-10(7)18/h2,4,6,8,19-21H,3H2,1H3/t6-,8-,11?,12+/m1/s1. The van der Waals surface area contributed by atoms with Crippen molar-refractivity contribution in [3.63, 3.8) is 0 Å². The number of nitrogens with zero attached hydrogens (tertiary/aromatic N) is 3. The lowest BCUT2D eigenvalue weighted by Gasteiger charge is -2.35. The lowest BCUT2D eigenvalue weighted by Crippen LogP contribution is -2.52. The average Bonchev–Trinajstić information content (AvgIpc) is 2.89. The summed E-state index contributed by atoms with van der Waals surface area (Å²) in [5.41, 5.74) is -1.28. The highest BCUT2D eigenvalue weighted by Gasteiger charge is 2.63. The smallest absolute Gasteiger partial charge is 0.235 e. The fourth-order valence-corrected chi connectivity index (χ4v) is 4.48. The SMILES string of the molecule is CC1(O)[C@H](O)[C@@H](CO)O[C@@]1(Br)n1cc(I)c2c(Cl)ncnc21. The molecule has 1 fully saturated rings. The van der Waals surface area contributed by atoms with Crippen LogP contribution in [0.1, 0.15) is 6.92 Å². The normalized spacial score (nSPS) is 35.4. The van der Waals surface area contributed by atoms with Crippen LogP contribution < -0.4 is 0 Å². The molecule has 0 bridgehead atoms. The van der Waals surface area contributed by atoms with Crippen LogP contribution in [0.3, 0.4) is 0 Å². The summed E-state index contributed by atoms with van der Waals surface area (Å²) in [7, 11) is 0. The number of ether oxygens (including phenoxy) is 1. The van der Waals surface area contributed by atoms with E-state index in [1.54, 1.807) is 6.20 Å². The van der Waals surface area contributed by atoms with E-state index in [1.807, 2.05) is 0 Å². The Kier molecular flexibility index (Phi) is 4.20. The molecule has 2 aromatic heterocycles. The number of aliphatic hydroxyl groups excluding tert-OH is 2. The Bertz CT molecular complexity index is 742. The third kappa shape index (κ3) is 2.14. The minimum atomic E-state index is -1.72. The molecule has 120 valence electrons. The summed E-state index contributed by atoms with van der Waals surface area (Å²) < 4.78 is 6.49. The van der Waals surface area contributed by atoms with Crippen molar-refractivity contribution in [2.75, 3.05) is 6.61 Å². The van der Waals surface area contributed by atoms with Crippen LogP contribution in [0, 0.1) is 3.57 Å². The molecule has 1 aliphatic rings. The minimum Gasteiger partial charge on any atom is -0.394 e. The van der Waals surface area contributed by atoms with Gasteiger partial charge in [0.15, 0.2) is 0 Å². The monoisotopic (exact) mass is 503 g/mol. The molecular formula is C12H12BrClIN3O4. The maximum Gasteiger partial charge on any atom is 0.235 e. The van der Waals surface area contributed by atoms with Crippen LogP contribution in [-0.2, 0) is 9.37 Å². The molecule has 3 N–H and O–H groups in total. The highest BCUT2D eigenvalue weighted by Crippen LogP contribution is 2.49. The molecule has 4 atom stereocenters. The van der Waals surface area contributed by atoms with Gasteiger partial charge in [-0.1, -0.05) is 11.6 Å². The number of alkyl halides is 1. The van der Waals surface area contributed by atoms with Crippen LogP contribution in [-0.4, -0.2) is 54.3 Å². The molecule has 1 saturated heterocycles. The molecule has 22 heavy (non-hydrogen) atoms. The van der Waals surface area contributed by atoms with E-state index >= 15 is 0 Å². The number of hydrogen-bond donors (Lipinski definition) is 3. The first-order valence-corrected chi connectivity index (χ1v) is 8.54. The summed E-state index contributed by atoms with van der Waals surface area (Å²) in [6.07, 6.45) is 0.754. The van der Waals surface area contributed by atoms with Crippen molar-refractivity contribution >= 4 is 61.2 Å². The van der Waals surface area contributed by atoms with E-state index in [9.17, 15) is 15.3 Å². The number of rotatable bonds is 2. The predicted octanol–water partition coefficient (Wildman–Crippen LogP) is 1.20. The van der Waals surface area contributed by atoms with E-state index < -0.39 is 29.1 Å². The maximum absolute atomic E-state index is 10.7. The van der Waals surface area contributed by atoms with Crippen LogP contribution in [0.25, 0.3) is 11.0 Å². The second-order valence-electron chi connectivity index (χ2n) is 5.20. The Labute approximate surface area is 152 Å². The van der Waals surface area contributed by atoms with Crippen molar-refractivity contribution in [3.05, 3.63) is 21.2 Å². The molecule has 1 unspecified atom stereocenters. The number of halogens is 3. The van der Waals surface area contributed by atoms with Gasteiger partial charge in [0.2, 0.25) is 4.63 Å². The average molecular weight is 505 g/mol. The summed E-state index contributed by atoms with van der Waals surface area (Å²) in [6.45, 7) is 0.986. The highest BCUT2D eigenvalue weighted by atomic mass is 127. The number of aliphatic hydroxyl groups is 3. The van der Waals surface area contributed by atoms with Gasteiger partial charge < -0.3 is 20.1 Å². The van der Waals surface area contributed by atoms with Crippen LogP contribution in [0.4, 0.5) is 0 Å². The van der Waals surface area contributed by atoms with Gasteiger partial charge in [0, 0.05) is 9.77 Å². The van der Waals surface area contributed by atoms with Crippen molar-refractivity contribution in [3.8, 4) is 0 Å². The third-order valence-electron chi connectivity index (χ3n) is 3.84. The largest absolute Gasteiger partial charge is 0.394 e. The van der Waals surface area contributed by atoms with Crippen LogP contribution in [0.2, 0.25) is 5.15 Å². The summed E-state index contributed by atoms with van der Waals surface area (Å²) in [5, 5.41) is 31.2. The molecule has 3 heterocycles. The van der Waals surface area contributed by atoms with Crippen molar-refractivity contribution in [2.45, 2.75) is 29.4 Å². The number of hydrogen-bond acceptors (Lipinski definition) is 6. The lowest BCUT2D eigenvalue weighted by atomic mass is 9.96. The molecule has 7 nitrogen and oxygen atoms in total. The van der Waals surface area contributed by atoms with Crippen molar-refractivity contribution in [1.82, 2.24) is 14.5 Å². The fourth-order valence-electron chi connectivity index (χ4n) is 2.57. The summed E-state index contributed by atoms with van der Waals surface area (Å²) in [6, 6.07) is 0. The number of aromatic nitrogens is 3. The molecule has 0 radical (unpaired) electrons. The Hall–Kier alpha value is -0.0400. The van der Waals surface area contributed by atoms with Gasteiger partial charge in [-0.15, -0.1) is 0 Å². The molecule has 0 aromatic carbocycles. The van der Waals surface area contributed by atoms with Gasteiger partial charge in [0.1, 0.15) is 34.9 Å². The first kappa shape index (κ1) is 16.8. The summed E-state index contributed by atoms with van der Waals surface area (Å²) >= 11 is 11.5. The zero-order valence-corrected chi connectivity index (χ0v) is 15.7. The van der Waals surface area contributed by atoms with Gasteiger partial charge in [-0.25, -0.2) is 9.97 Å². The highest BCUT2D eigenvalue weighted by molar-refractivity contribution is 14.1. The van der Waals surface area contributed by atoms with Crippen LogP contribution in [0.5, 0.6) is 0 Å². The summed E-state index contributed by atoms with van der Waals surface area (Å²) in [4.78, 5) is 8.13. The van der Waals surface area contributed by atoms with Gasteiger partial charge in [0.05, 0.1) is 12.0 Å². The van der Waals surface area contributed by atoms with Crippen LogP contribution in [0.15, 0.2) is 12.5 Å². The first-order chi connectivity index (χ1) is 10.2. The van der Waals surface area contributed by atoms with Crippen molar-refractivity contribution in [2.24, 2.45) is 0 Å². The molecular weight excluding hydrogens is 492 g/mol. The molecule has 10 heteroatoms. The minimum absolute atomic E-state index is 0.279. The van der Waals surface area contributed by atoms with Gasteiger partial charge in [-0.3, -0.25) is 4.57 Å². The number of fused-ring (bicyclic) bond motifs is 1. The quantitative estimate of drug-likeness (QED) is 0.323. The summed E-state index contributed by atoms with van der Waals surface area (Å²) in [5.74, 6) is 0. The van der Waals surface area contributed by atoms with Gasteiger partial charge >= 0.3 is 0 Å². The third-order valence-corrected chi connectivity index (χ3v) is 6.32. The zero-order valence-electron chi connectivity index (χ0n) is 11.2. The van der Waals surface area contributed by atoms with Crippen molar-refractivity contribution in [1.29, 1.82) is 0 Å². The van der Waals surface area contributed by atoms with Crippen molar-refractivity contribution < 1.29 is 20.1 Å². The van der Waals surface area contributed by atoms with E-state index in [1.165, 1.54) is 17.8 Å². The Morgan fingerprint density at radius 3 is 2.82 bits per heavy atom. The zero-order chi connectivity index (χ0) is 16.3. The van der Waals surface area contributed by atoms with E-state index in [4.69, 9.17) is 16.3 Å². The lowest BCUT2D eigenvalue weighted by molar-refractivity contribution is -0.116. The first-order valence-electron chi connectivity index (χ1n) is 6.29. The molecule has 2 aromatic rings. The Morgan fingerprint density at radius 1 is 1.55 bits per heavy atom. The molecule has 0 amide bonds. The fraction of sp³-hybridized carbons (Fsp3) is 0.500. The van der Waals surface area contributed by atoms with E-state index in [2.05, 4.69) is 48.5 Å². The maximum atomic E-state index is 10.7. The van der Waals surface area contributed by atoms with E-state index in [0.29, 0.717) is 11.0 Å². The molecule has 0 aliphatic carbocycles. The Balaban J connectivity index is 2.25. The van der Waals surface area contributed by atoms with Gasteiger partial charge in [-0.2, -0.15) is 0 Å². The topological polar surface area (TPSA) is 101 Å². The Morgan fingerprint density at radius 2 is 2.23 bits per heavy atom. The van der Waals surface area contributed by atoms with Gasteiger partial charge in [0.25, 0.3) is 0 Å². The van der Waals surface area contributed by atoms with E-state index in [0.717, 1.165) is 3.57 Å². The second-order valence-corrected chi connectivity index (χ2v) is 7.80. The molecule has 0 spiro atoms. The predicted molar refractivity (Wildman–Crippen MR) is 90.7 cm³/mol.